The van der Waals surface area contributed by atoms with Crippen molar-refractivity contribution in [3.63, 3.8) is 0 Å². The molecule has 338 valence electrons. The molecular weight excluding hydrogens is 780 g/mol. The fourth-order valence-corrected chi connectivity index (χ4v) is 5.98. The lowest BCUT2D eigenvalue weighted by molar-refractivity contribution is -0.144. The summed E-state index contributed by atoms with van der Waals surface area (Å²) in [6.45, 7) is 14.6. The highest BCUT2D eigenvalue weighted by Gasteiger charge is 2.45. The Kier molecular flexibility index (Phi) is 21.0. The lowest BCUT2D eigenvalue weighted by Crippen LogP contribution is -2.69. The molecule has 0 aliphatic rings. The molecule has 1 aromatic rings. The van der Waals surface area contributed by atoms with E-state index in [2.05, 4.69) is 31.9 Å². The summed E-state index contributed by atoms with van der Waals surface area (Å²) in [7, 11) is 0. The maximum absolute atomic E-state index is 14.2. The van der Waals surface area contributed by atoms with E-state index in [1.807, 2.05) is 0 Å². The van der Waals surface area contributed by atoms with Crippen LogP contribution in [0.15, 0.2) is 30.3 Å². The van der Waals surface area contributed by atoms with Crippen molar-refractivity contribution < 1.29 is 53.7 Å². The summed E-state index contributed by atoms with van der Waals surface area (Å²) in [6, 6.07) is 0.658. The van der Waals surface area contributed by atoms with E-state index in [4.69, 9.17) is 11.5 Å². The van der Waals surface area contributed by atoms with Gasteiger partial charge in [0.1, 0.15) is 35.2 Å². The molecular formula is C41H68N8O11. The molecule has 0 aliphatic heterocycles. The standard InChI is InChI=1S/C41H68N8O11/c1-11-23(6)31(35(55)44-28(17-21(2)3)34(54)46-32(25(8)51)36(56)45-30(22(4)5)37(57)58)47-38(59)40(9,10)49-39(60)41(20-50,19-26-15-13-12-14-16-26)48-33(53)27(43)18-29(52)24(7)42/h12-16,21-25,27-28,30-32,50-51H,11,17-20,42-43H2,1-10H3,(H,44,55)(H,45,56)(H,46,54)(H,47,59)(H,48,53)(H,49,60)(H,57,58)/t23-,24+,25-,27+,28+,30+,31-,32+,41?/m1/s1. The molecule has 13 N–H and O–H groups in total. The molecule has 0 aromatic heterocycles. The number of carboxylic acids is 1. The van der Waals surface area contributed by atoms with Crippen LogP contribution in [0.4, 0.5) is 0 Å². The minimum absolute atomic E-state index is 0.0671. The number of nitrogens with one attached hydrogen (secondary N) is 6. The van der Waals surface area contributed by atoms with E-state index < -0.39 is 125 Å². The smallest absolute Gasteiger partial charge is 0.326 e. The topological polar surface area (TPSA) is 321 Å². The fourth-order valence-electron chi connectivity index (χ4n) is 5.98. The van der Waals surface area contributed by atoms with Crippen LogP contribution in [-0.2, 0) is 44.8 Å². The first-order valence-electron chi connectivity index (χ1n) is 20.2. The molecule has 0 saturated carbocycles. The number of aliphatic hydroxyl groups is 2. The number of carboxylic acid groups (broad SMARTS) is 1. The van der Waals surface area contributed by atoms with E-state index in [0.29, 0.717) is 12.0 Å². The van der Waals surface area contributed by atoms with Crippen molar-refractivity contribution in [1.82, 2.24) is 31.9 Å². The number of ketones is 1. The van der Waals surface area contributed by atoms with Crippen molar-refractivity contribution >= 4 is 47.2 Å². The van der Waals surface area contributed by atoms with E-state index >= 15 is 0 Å². The highest BCUT2D eigenvalue weighted by atomic mass is 16.4. The summed E-state index contributed by atoms with van der Waals surface area (Å²) in [5.74, 6) is -8.36. The van der Waals surface area contributed by atoms with Gasteiger partial charge in [-0.15, -0.1) is 0 Å². The number of hydrogen-bond acceptors (Lipinski definition) is 12. The van der Waals surface area contributed by atoms with Crippen LogP contribution in [0.3, 0.4) is 0 Å². The summed E-state index contributed by atoms with van der Waals surface area (Å²) in [5.41, 5.74) is 8.28. The van der Waals surface area contributed by atoms with Gasteiger partial charge in [-0.2, -0.15) is 0 Å². The molecule has 1 aromatic carbocycles. The van der Waals surface area contributed by atoms with E-state index in [1.165, 1.54) is 27.7 Å². The first kappa shape index (κ1) is 53.0. The third kappa shape index (κ3) is 15.9. The predicted molar refractivity (Wildman–Crippen MR) is 222 cm³/mol. The first-order valence-corrected chi connectivity index (χ1v) is 20.2. The zero-order valence-electron chi connectivity index (χ0n) is 36.5. The summed E-state index contributed by atoms with van der Waals surface area (Å²) in [4.78, 5) is 106. The lowest BCUT2D eigenvalue weighted by atomic mass is 9.88. The van der Waals surface area contributed by atoms with Crippen LogP contribution in [0, 0.1) is 17.8 Å². The summed E-state index contributed by atoms with van der Waals surface area (Å²) >= 11 is 0. The van der Waals surface area contributed by atoms with Gasteiger partial charge in [0.25, 0.3) is 0 Å². The normalized spacial score (nSPS) is 16.7. The Balaban J connectivity index is 3.42. The molecule has 0 aliphatic carbocycles. The fraction of sp³-hybridized carbons (Fsp3) is 0.659. The Bertz CT molecular complexity index is 1650. The van der Waals surface area contributed by atoms with Crippen LogP contribution < -0.4 is 43.4 Å². The van der Waals surface area contributed by atoms with Gasteiger partial charge < -0.3 is 58.7 Å². The van der Waals surface area contributed by atoms with Crippen LogP contribution in [0.1, 0.15) is 94.1 Å². The van der Waals surface area contributed by atoms with Crippen LogP contribution in [0.25, 0.3) is 0 Å². The summed E-state index contributed by atoms with van der Waals surface area (Å²) in [6.07, 6.45) is -1.70. The van der Waals surface area contributed by atoms with Gasteiger partial charge in [0.05, 0.1) is 24.8 Å². The van der Waals surface area contributed by atoms with Crippen LogP contribution in [0.5, 0.6) is 0 Å². The zero-order valence-corrected chi connectivity index (χ0v) is 36.5. The van der Waals surface area contributed by atoms with E-state index in [-0.39, 0.29) is 18.8 Å². The number of aliphatic hydroxyl groups excluding tert-OH is 2. The molecule has 60 heavy (non-hydrogen) atoms. The second-order valence-corrected chi connectivity index (χ2v) is 16.9. The molecule has 1 unspecified atom stereocenters. The zero-order chi connectivity index (χ0) is 46.3. The van der Waals surface area contributed by atoms with Crippen molar-refractivity contribution in [3.05, 3.63) is 35.9 Å². The number of amides is 6. The second kappa shape index (κ2) is 23.7. The second-order valence-electron chi connectivity index (χ2n) is 16.9. The summed E-state index contributed by atoms with van der Waals surface area (Å²) in [5, 5.41) is 45.8. The van der Waals surface area contributed by atoms with Gasteiger partial charge in [0, 0.05) is 12.8 Å². The molecule has 0 fully saturated rings. The number of benzene rings is 1. The Morgan fingerprint density at radius 1 is 0.717 bits per heavy atom. The number of rotatable bonds is 25. The van der Waals surface area contributed by atoms with Crippen molar-refractivity contribution in [1.29, 1.82) is 0 Å². The number of carbonyl (C=O) groups is 8. The molecule has 0 spiro atoms. The number of Topliss-reactive ketones (excluding diaryl/α,β-unsaturated/α-hetero) is 1. The molecule has 6 amide bonds. The highest BCUT2D eigenvalue weighted by molar-refractivity contribution is 6.00. The van der Waals surface area contributed by atoms with Crippen molar-refractivity contribution in [2.45, 2.75) is 148 Å². The molecule has 0 radical (unpaired) electrons. The monoisotopic (exact) mass is 849 g/mol. The Hall–Kier alpha value is -4.98. The number of hydrogen-bond donors (Lipinski definition) is 11. The van der Waals surface area contributed by atoms with Gasteiger partial charge in [-0.25, -0.2) is 4.79 Å². The van der Waals surface area contributed by atoms with Crippen molar-refractivity contribution in [2.24, 2.45) is 29.2 Å². The van der Waals surface area contributed by atoms with Crippen molar-refractivity contribution in [2.75, 3.05) is 6.61 Å². The Labute approximate surface area is 352 Å². The van der Waals surface area contributed by atoms with Crippen LogP contribution in [0.2, 0.25) is 0 Å². The quantitative estimate of drug-likeness (QED) is 0.0549. The average molecular weight is 849 g/mol. The van der Waals surface area contributed by atoms with Crippen molar-refractivity contribution in [3.8, 4) is 0 Å². The molecule has 0 heterocycles. The third-order valence-electron chi connectivity index (χ3n) is 10.1. The average Bonchev–Trinajstić information content (AvgIpc) is 3.16. The van der Waals surface area contributed by atoms with E-state index in [9.17, 15) is 53.7 Å². The Morgan fingerprint density at radius 2 is 1.27 bits per heavy atom. The summed E-state index contributed by atoms with van der Waals surface area (Å²) < 4.78 is 0. The first-order chi connectivity index (χ1) is 27.7. The van der Waals surface area contributed by atoms with Crippen LogP contribution in [-0.4, -0.2) is 123 Å². The molecule has 1 rings (SSSR count). The predicted octanol–water partition coefficient (Wildman–Crippen LogP) is -1.24. The maximum Gasteiger partial charge on any atom is 0.326 e. The van der Waals surface area contributed by atoms with Crippen LogP contribution >= 0.6 is 0 Å². The number of carbonyl (C=O) groups excluding carboxylic acids is 7. The molecule has 0 bridgehead atoms. The number of nitrogens with two attached hydrogens (primary N) is 2. The van der Waals surface area contributed by atoms with Gasteiger partial charge in [-0.3, -0.25) is 33.6 Å². The minimum Gasteiger partial charge on any atom is -0.480 e. The number of aliphatic carboxylic acids is 1. The van der Waals surface area contributed by atoms with Gasteiger partial charge in [-0.05, 0) is 57.4 Å². The van der Waals surface area contributed by atoms with Gasteiger partial charge in [0.2, 0.25) is 35.4 Å². The largest absolute Gasteiger partial charge is 0.480 e. The van der Waals surface area contributed by atoms with Gasteiger partial charge in [-0.1, -0.05) is 78.3 Å². The molecule has 19 nitrogen and oxygen atoms in total. The van der Waals surface area contributed by atoms with E-state index in [1.54, 1.807) is 71.9 Å². The SMILES string of the molecule is CC[C@@H](C)[C@@H](NC(=O)C(C)(C)NC(=O)C(CO)(Cc1ccccc1)NC(=O)[C@@H](N)CC(=O)[C@H](C)N)C(=O)N[C@@H](CC(C)C)C(=O)N[C@H](C(=O)N[C@H](C(=O)O)C(C)C)[C@@H](C)O. The van der Waals surface area contributed by atoms with E-state index in [0.717, 1.165) is 0 Å². The molecule has 9 atom stereocenters. The maximum atomic E-state index is 14.2. The lowest BCUT2D eigenvalue weighted by Gasteiger charge is -2.37. The van der Waals surface area contributed by atoms with Gasteiger partial charge in [0.15, 0.2) is 5.78 Å². The Morgan fingerprint density at radius 3 is 1.73 bits per heavy atom. The molecule has 0 saturated heterocycles. The highest BCUT2D eigenvalue weighted by Crippen LogP contribution is 2.19. The minimum atomic E-state index is -2.08. The third-order valence-corrected chi connectivity index (χ3v) is 10.1. The molecule has 19 heteroatoms. The van der Waals surface area contributed by atoms with Gasteiger partial charge >= 0.3 is 5.97 Å².